The van der Waals surface area contributed by atoms with E-state index in [0.717, 1.165) is 31.3 Å². The molecule has 0 bridgehead atoms. The van der Waals surface area contributed by atoms with E-state index in [2.05, 4.69) is 27.7 Å². The molecule has 6 atom stereocenters. The third-order valence-corrected chi connectivity index (χ3v) is 8.52. The normalized spacial score (nSPS) is 39.1. The molecule has 3 rings (SSSR count). The highest BCUT2D eigenvalue weighted by Gasteiger charge is 2.61. The van der Waals surface area contributed by atoms with Gasteiger partial charge in [-0.05, 0) is 68.4 Å². The summed E-state index contributed by atoms with van der Waals surface area (Å²) in [7, 11) is 3.90. The molecule has 3 aliphatic rings. The quantitative estimate of drug-likeness (QED) is 0.529. The van der Waals surface area contributed by atoms with Gasteiger partial charge in [0, 0.05) is 25.0 Å². The van der Waals surface area contributed by atoms with E-state index < -0.39 is 0 Å². The van der Waals surface area contributed by atoms with E-state index >= 15 is 0 Å². The third kappa shape index (κ3) is 4.49. The number of aliphatic hydroxyl groups is 1. The molecule has 0 aliphatic heterocycles. The average Bonchev–Trinajstić information content (AvgIpc) is 2.63. The van der Waals surface area contributed by atoms with Crippen molar-refractivity contribution in [2.75, 3.05) is 27.2 Å². The van der Waals surface area contributed by atoms with Gasteiger partial charge in [0.15, 0.2) is 0 Å². The number of nitrogens with zero attached hydrogens (tertiary/aromatic N) is 1. The number of hydrogen-bond donors (Lipinski definition) is 1. The summed E-state index contributed by atoms with van der Waals surface area (Å²) >= 11 is 0. The van der Waals surface area contributed by atoms with E-state index in [4.69, 9.17) is 4.74 Å². The first kappa shape index (κ1) is 25.4. The van der Waals surface area contributed by atoms with Crippen molar-refractivity contribution in [3.8, 4) is 0 Å². The van der Waals surface area contributed by atoms with Gasteiger partial charge in [-0.25, -0.2) is 4.79 Å². The molecule has 0 aromatic rings. The first-order valence-corrected chi connectivity index (χ1v) is 11.2. The molecule has 0 aromatic carbocycles. The van der Waals surface area contributed by atoms with Crippen molar-refractivity contribution in [2.24, 2.45) is 34.5 Å². The maximum absolute atomic E-state index is 13.3. The maximum Gasteiger partial charge on any atom is 0.330 e. The molecule has 6 heteroatoms. The van der Waals surface area contributed by atoms with Crippen molar-refractivity contribution in [1.82, 2.24) is 4.90 Å². The second-order valence-corrected chi connectivity index (χ2v) is 10.8. The Morgan fingerprint density at radius 3 is 2.57 bits per heavy atom. The number of halogens is 1. The van der Waals surface area contributed by atoms with Gasteiger partial charge in [0.1, 0.15) is 12.4 Å². The Morgan fingerprint density at radius 1 is 1.27 bits per heavy atom. The first-order valence-electron chi connectivity index (χ1n) is 11.2. The minimum atomic E-state index is -0.335. The standard InChI is InChI=1S/C24H39NO4.ClH/c1-15-16(13-21(28)29-12-11-25(5)6)7-8-17-22(15)18(26)14-19-23(2,3)20(27)9-10-24(17,19)4;/h13,15,17,19-20,22,27H,7-12,14H2,1-6H3;1H/b16-13-;/t15-,17-,19-,20-,22-,24+;/m0./s1. The zero-order valence-electron chi connectivity index (χ0n) is 19.4. The Balaban J connectivity index is 0.00000320. The highest BCUT2D eigenvalue weighted by molar-refractivity contribution is 5.86. The number of fused-ring (bicyclic) bond motifs is 3. The molecular formula is C24H40ClNO4. The van der Waals surface area contributed by atoms with Gasteiger partial charge in [-0.15, -0.1) is 12.4 Å². The maximum atomic E-state index is 13.3. The van der Waals surface area contributed by atoms with Crippen LogP contribution in [0.25, 0.3) is 0 Å². The Kier molecular flexibility index (Phi) is 7.86. The molecule has 0 saturated heterocycles. The number of esters is 1. The highest BCUT2D eigenvalue weighted by atomic mass is 35.5. The lowest BCUT2D eigenvalue weighted by atomic mass is 9.42. The van der Waals surface area contributed by atoms with E-state index in [1.54, 1.807) is 6.08 Å². The summed E-state index contributed by atoms with van der Waals surface area (Å²) in [6.07, 6.45) is 5.44. The summed E-state index contributed by atoms with van der Waals surface area (Å²) in [6.45, 7) is 9.82. The van der Waals surface area contributed by atoms with Crippen LogP contribution >= 0.6 is 12.4 Å². The Hall–Kier alpha value is -0.910. The van der Waals surface area contributed by atoms with Crippen molar-refractivity contribution < 1.29 is 19.4 Å². The lowest BCUT2D eigenvalue weighted by molar-refractivity contribution is -0.172. The van der Waals surface area contributed by atoms with Crippen LogP contribution in [-0.2, 0) is 14.3 Å². The number of allylic oxidation sites excluding steroid dienone is 1. The molecule has 3 aliphatic carbocycles. The zero-order chi connectivity index (χ0) is 21.6. The number of ketones is 1. The van der Waals surface area contributed by atoms with Crippen LogP contribution in [0, 0.1) is 34.5 Å². The van der Waals surface area contributed by atoms with Gasteiger partial charge in [-0.3, -0.25) is 4.79 Å². The molecule has 0 amide bonds. The monoisotopic (exact) mass is 441 g/mol. The molecular weight excluding hydrogens is 402 g/mol. The molecule has 172 valence electrons. The SMILES string of the molecule is C[C@H]1/C(=C\C(=O)OCCN(C)C)CC[C@H]2[C@H]1C(=O)C[C@H]1C(C)(C)[C@@H](O)CC[C@]21C.Cl. The van der Waals surface area contributed by atoms with Crippen LogP contribution in [0.15, 0.2) is 11.6 Å². The number of carbonyl (C=O) groups is 2. The fourth-order valence-electron chi connectivity index (χ4n) is 6.63. The molecule has 0 unspecified atom stereocenters. The van der Waals surface area contributed by atoms with Crippen LogP contribution < -0.4 is 0 Å². The fraction of sp³-hybridized carbons (Fsp3) is 0.833. The number of hydrogen-bond acceptors (Lipinski definition) is 5. The molecule has 0 aromatic heterocycles. The molecule has 0 radical (unpaired) electrons. The van der Waals surface area contributed by atoms with Crippen LogP contribution in [0.4, 0.5) is 0 Å². The molecule has 30 heavy (non-hydrogen) atoms. The number of ether oxygens (including phenoxy) is 1. The molecule has 3 fully saturated rings. The molecule has 1 N–H and O–H groups in total. The zero-order valence-corrected chi connectivity index (χ0v) is 20.3. The van der Waals surface area contributed by atoms with Gasteiger partial charge in [0.2, 0.25) is 0 Å². The highest BCUT2D eigenvalue weighted by Crippen LogP contribution is 2.63. The van der Waals surface area contributed by atoms with Crippen molar-refractivity contribution >= 4 is 24.2 Å². The largest absolute Gasteiger partial charge is 0.461 e. The lowest BCUT2D eigenvalue weighted by Crippen LogP contribution is -2.60. The van der Waals surface area contributed by atoms with Crippen LogP contribution in [-0.4, -0.2) is 55.1 Å². The minimum Gasteiger partial charge on any atom is -0.461 e. The molecule has 3 saturated carbocycles. The second kappa shape index (κ2) is 9.30. The molecule has 0 heterocycles. The van der Waals surface area contributed by atoms with E-state index in [1.807, 2.05) is 19.0 Å². The van der Waals surface area contributed by atoms with Gasteiger partial charge in [0.25, 0.3) is 0 Å². The summed E-state index contributed by atoms with van der Waals surface area (Å²) < 4.78 is 5.34. The number of aliphatic hydroxyl groups excluding tert-OH is 1. The van der Waals surface area contributed by atoms with E-state index in [-0.39, 0.29) is 53.1 Å². The Bertz CT molecular complexity index is 689. The average molecular weight is 442 g/mol. The van der Waals surface area contributed by atoms with Crippen LogP contribution in [0.1, 0.15) is 59.8 Å². The summed E-state index contributed by atoms with van der Waals surface area (Å²) in [5.74, 6) is 0.645. The van der Waals surface area contributed by atoms with Crippen LogP contribution in [0.2, 0.25) is 0 Å². The van der Waals surface area contributed by atoms with Gasteiger partial charge in [-0.2, -0.15) is 0 Å². The van der Waals surface area contributed by atoms with Gasteiger partial charge in [-0.1, -0.05) is 33.3 Å². The topological polar surface area (TPSA) is 66.8 Å². The number of carbonyl (C=O) groups excluding carboxylic acids is 2. The minimum absolute atomic E-state index is 0. The van der Waals surface area contributed by atoms with Crippen molar-refractivity contribution in [1.29, 1.82) is 0 Å². The summed E-state index contributed by atoms with van der Waals surface area (Å²) in [6, 6.07) is 0. The van der Waals surface area contributed by atoms with Gasteiger partial charge >= 0.3 is 5.97 Å². The number of likely N-dealkylation sites (N-methyl/N-ethyl adjacent to an activating group) is 1. The Morgan fingerprint density at radius 2 is 1.93 bits per heavy atom. The summed E-state index contributed by atoms with van der Waals surface area (Å²) in [5, 5.41) is 10.6. The van der Waals surface area contributed by atoms with E-state index in [9.17, 15) is 14.7 Å². The third-order valence-electron chi connectivity index (χ3n) is 8.52. The summed E-state index contributed by atoms with van der Waals surface area (Å²) in [4.78, 5) is 27.5. The predicted molar refractivity (Wildman–Crippen MR) is 120 cm³/mol. The first-order chi connectivity index (χ1) is 13.5. The number of rotatable bonds is 4. The molecule has 5 nitrogen and oxygen atoms in total. The van der Waals surface area contributed by atoms with E-state index in [0.29, 0.717) is 31.3 Å². The van der Waals surface area contributed by atoms with Crippen molar-refractivity contribution in [2.45, 2.75) is 65.9 Å². The molecule has 0 spiro atoms. The van der Waals surface area contributed by atoms with Crippen molar-refractivity contribution in [3.63, 3.8) is 0 Å². The summed E-state index contributed by atoms with van der Waals surface area (Å²) in [5.41, 5.74) is 0.905. The number of Topliss-reactive ketones (excluding diaryl/α,β-unsaturated/α-hetero) is 1. The fourth-order valence-corrected chi connectivity index (χ4v) is 6.63. The van der Waals surface area contributed by atoms with Gasteiger partial charge in [0.05, 0.1) is 6.10 Å². The lowest BCUT2D eigenvalue weighted by Gasteiger charge is -2.62. The Labute approximate surface area is 188 Å². The van der Waals surface area contributed by atoms with Gasteiger partial charge < -0.3 is 14.7 Å². The predicted octanol–water partition coefficient (Wildman–Crippen LogP) is 3.88. The second-order valence-electron chi connectivity index (χ2n) is 10.8. The van der Waals surface area contributed by atoms with Crippen molar-refractivity contribution in [3.05, 3.63) is 11.6 Å². The van der Waals surface area contributed by atoms with E-state index in [1.165, 1.54) is 0 Å². The van der Waals surface area contributed by atoms with Crippen LogP contribution in [0.3, 0.4) is 0 Å². The smallest absolute Gasteiger partial charge is 0.330 e. The van der Waals surface area contributed by atoms with Crippen LogP contribution in [0.5, 0.6) is 0 Å².